The average molecular weight is 436 g/mol. The second kappa shape index (κ2) is 8.79. The molecule has 1 N–H and O–H groups in total. The van der Waals surface area contributed by atoms with Gasteiger partial charge in [0.15, 0.2) is 11.5 Å². The Hall–Kier alpha value is -1.99. The van der Waals surface area contributed by atoms with Gasteiger partial charge in [-0.25, -0.2) is 0 Å². The lowest BCUT2D eigenvalue weighted by Gasteiger charge is -2.37. The second-order valence-corrected chi connectivity index (χ2v) is 8.20. The molecule has 1 amide bonds. The van der Waals surface area contributed by atoms with Crippen molar-refractivity contribution < 1.29 is 14.3 Å². The van der Waals surface area contributed by atoms with E-state index in [1.807, 2.05) is 19.1 Å². The molecular weight excluding hydrogens is 413 g/mol. The van der Waals surface area contributed by atoms with Crippen molar-refractivity contribution in [1.29, 1.82) is 0 Å². The van der Waals surface area contributed by atoms with Crippen molar-refractivity contribution in [3.63, 3.8) is 0 Å². The Morgan fingerprint density at radius 1 is 1.03 bits per heavy atom. The van der Waals surface area contributed by atoms with Crippen LogP contribution in [0.5, 0.6) is 11.5 Å². The number of rotatable bonds is 5. The Labute approximate surface area is 180 Å². The third-order valence-electron chi connectivity index (χ3n) is 5.31. The van der Waals surface area contributed by atoms with Gasteiger partial charge in [0.05, 0.1) is 6.04 Å². The van der Waals surface area contributed by atoms with Crippen molar-refractivity contribution in [2.75, 3.05) is 38.3 Å². The summed E-state index contributed by atoms with van der Waals surface area (Å²) in [5, 5.41) is 3.90. The summed E-state index contributed by atoms with van der Waals surface area (Å²) in [5.74, 6) is 1.56. The van der Waals surface area contributed by atoms with Gasteiger partial charge in [0, 0.05) is 48.5 Å². The van der Waals surface area contributed by atoms with Gasteiger partial charge in [0.2, 0.25) is 12.7 Å². The van der Waals surface area contributed by atoms with Gasteiger partial charge >= 0.3 is 0 Å². The minimum Gasteiger partial charge on any atom is -0.454 e. The molecule has 0 radical (unpaired) electrons. The fourth-order valence-corrected chi connectivity index (χ4v) is 4.17. The standard InChI is InChI=1S/C21H23Cl2N3O3/c1-14(21(27)24-18-10-16(22)9-17(23)11-18)26-6-4-25(5-7-26)12-15-2-3-19-20(8-15)29-13-28-19/h2-3,8-11,14H,4-7,12-13H2,1H3,(H,24,27)/t14-/m1/s1. The van der Waals surface area contributed by atoms with Crippen molar-refractivity contribution in [2.45, 2.75) is 19.5 Å². The second-order valence-electron chi connectivity index (χ2n) is 7.32. The Kier molecular flexibility index (Phi) is 6.15. The summed E-state index contributed by atoms with van der Waals surface area (Å²) in [5.41, 5.74) is 1.81. The monoisotopic (exact) mass is 435 g/mol. The molecule has 2 aliphatic heterocycles. The number of piperazine rings is 1. The number of nitrogens with one attached hydrogen (secondary N) is 1. The van der Waals surface area contributed by atoms with E-state index in [4.69, 9.17) is 32.7 Å². The first-order valence-corrected chi connectivity index (χ1v) is 10.4. The van der Waals surface area contributed by atoms with E-state index < -0.39 is 0 Å². The first-order chi connectivity index (χ1) is 14.0. The normalized spacial score (nSPS) is 17.9. The molecule has 2 aromatic rings. The minimum atomic E-state index is -0.236. The number of ether oxygens (including phenoxy) is 2. The maximum atomic E-state index is 12.6. The van der Waals surface area contributed by atoms with Crippen LogP contribution in [-0.4, -0.2) is 54.7 Å². The van der Waals surface area contributed by atoms with Crippen LogP contribution >= 0.6 is 23.2 Å². The minimum absolute atomic E-state index is 0.0624. The van der Waals surface area contributed by atoms with E-state index in [9.17, 15) is 4.79 Å². The number of carbonyl (C=O) groups is 1. The summed E-state index contributed by atoms with van der Waals surface area (Å²) in [6, 6.07) is 10.9. The zero-order valence-electron chi connectivity index (χ0n) is 16.2. The molecule has 8 heteroatoms. The van der Waals surface area contributed by atoms with E-state index in [-0.39, 0.29) is 11.9 Å². The molecule has 1 saturated heterocycles. The number of amides is 1. The molecule has 2 aromatic carbocycles. The summed E-state index contributed by atoms with van der Waals surface area (Å²) in [6.45, 7) is 6.52. The highest BCUT2D eigenvalue weighted by Gasteiger charge is 2.26. The Balaban J connectivity index is 1.29. The van der Waals surface area contributed by atoms with E-state index in [0.29, 0.717) is 22.5 Å². The molecule has 154 valence electrons. The zero-order chi connectivity index (χ0) is 20.4. The molecule has 1 fully saturated rings. The molecule has 29 heavy (non-hydrogen) atoms. The fraction of sp³-hybridized carbons (Fsp3) is 0.381. The van der Waals surface area contributed by atoms with Crippen LogP contribution in [0.4, 0.5) is 5.69 Å². The Morgan fingerprint density at radius 2 is 1.72 bits per heavy atom. The summed E-state index contributed by atoms with van der Waals surface area (Å²) in [6.07, 6.45) is 0. The maximum Gasteiger partial charge on any atom is 0.241 e. The van der Waals surface area contributed by atoms with Gasteiger partial charge in [-0.3, -0.25) is 14.6 Å². The lowest BCUT2D eigenvalue weighted by molar-refractivity contribution is -0.121. The molecule has 1 atom stereocenters. The molecular formula is C21H23Cl2N3O3. The largest absolute Gasteiger partial charge is 0.454 e. The van der Waals surface area contributed by atoms with Crippen molar-refractivity contribution >= 4 is 34.8 Å². The summed E-state index contributed by atoms with van der Waals surface area (Å²) in [4.78, 5) is 17.2. The topological polar surface area (TPSA) is 54.0 Å². The van der Waals surface area contributed by atoms with Crippen LogP contribution in [0.3, 0.4) is 0 Å². The van der Waals surface area contributed by atoms with Crippen LogP contribution in [0.25, 0.3) is 0 Å². The summed E-state index contributed by atoms with van der Waals surface area (Å²) in [7, 11) is 0. The number of benzene rings is 2. The first kappa shape index (κ1) is 20.3. The smallest absolute Gasteiger partial charge is 0.241 e. The molecule has 0 bridgehead atoms. The molecule has 0 aliphatic carbocycles. The van der Waals surface area contributed by atoms with Gasteiger partial charge in [-0.05, 0) is 42.8 Å². The number of hydrogen-bond acceptors (Lipinski definition) is 5. The quantitative estimate of drug-likeness (QED) is 0.772. The highest BCUT2D eigenvalue weighted by Crippen LogP contribution is 2.33. The third kappa shape index (κ3) is 4.95. The number of fused-ring (bicyclic) bond motifs is 1. The van der Waals surface area contributed by atoms with Gasteiger partial charge < -0.3 is 14.8 Å². The van der Waals surface area contributed by atoms with Crippen LogP contribution in [0.15, 0.2) is 36.4 Å². The summed E-state index contributed by atoms with van der Waals surface area (Å²) >= 11 is 12.0. The van der Waals surface area contributed by atoms with Crippen molar-refractivity contribution in [2.24, 2.45) is 0 Å². The molecule has 2 aliphatic rings. The van der Waals surface area contributed by atoms with Gasteiger partial charge in [-0.1, -0.05) is 29.3 Å². The molecule has 0 saturated carbocycles. The predicted octanol–water partition coefficient (Wildman–Crippen LogP) is 3.87. The predicted molar refractivity (Wildman–Crippen MR) is 114 cm³/mol. The molecule has 6 nitrogen and oxygen atoms in total. The molecule has 0 spiro atoms. The highest BCUT2D eigenvalue weighted by atomic mass is 35.5. The van der Waals surface area contributed by atoms with E-state index in [1.165, 1.54) is 5.56 Å². The van der Waals surface area contributed by atoms with Gasteiger partial charge in [-0.15, -0.1) is 0 Å². The number of halogens is 2. The molecule has 2 heterocycles. The van der Waals surface area contributed by atoms with Crippen LogP contribution in [0.2, 0.25) is 10.0 Å². The fourth-order valence-electron chi connectivity index (χ4n) is 3.64. The van der Waals surface area contributed by atoms with Crippen LogP contribution in [-0.2, 0) is 11.3 Å². The number of hydrogen-bond donors (Lipinski definition) is 1. The van der Waals surface area contributed by atoms with Gasteiger partial charge in [0.1, 0.15) is 0 Å². The number of nitrogens with zero attached hydrogens (tertiary/aromatic N) is 2. The van der Waals surface area contributed by atoms with Crippen molar-refractivity contribution in [1.82, 2.24) is 9.80 Å². The molecule has 0 unspecified atom stereocenters. The summed E-state index contributed by atoms with van der Waals surface area (Å²) < 4.78 is 10.8. The average Bonchev–Trinajstić information content (AvgIpc) is 3.15. The Morgan fingerprint density at radius 3 is 2.45 bits per heavy atom. The van der Waals surface area contributed by atoms with Crippen molar-refractivity contribution in [3.05, 3.63) is 52.0 Å². The lowest BCUT2D eigenvalue weighted by atomic mass is 10.1. The molecule has 0 aromatic heterocycles. The van der Waals surface area contributed by atoms with Gasteiger partial charge in [-0.2, -0.15) is 0 Å². The highest BCUT2D eigenvalue weighted by molar-refractivity contribution is 6.35. The maximum absolute atomic E-state index is 12.6. The van der Waals surface area contributed by atoms with E-state index in [0.717, 1.165) is 44.2 Å². The van der Waals surface area contributed by atoms with E-state index >= 15 is 0 Å². The number of anilines is 1. The van der Waals surface area contributed by atoms with Crippen LogP contribution < -0.4 is 14.8 Å². The number of carbonyl (C=O) groups excluding carboxylic acids is 1. The first-order valence-electron chi connectivity index (χ1n) is 9.60. The third-order valence-corrected chi connectivity index (χ3v) is 5.74. The zero-order valence-corrected chi connectivity index (χ0v) is 17.7. The van der Waals surface area contributed by atoms with E-state index in [1.54, 1.807) is 18.2 Å². The molecule has 4 rings (SSSR count). The Bertz CT molecular complexity index is 880. The van der Waals surface area contributed by atoms with Crippen molar-refractivity contribution in [3.8, 4) is 11.5 Å². The lowest BCUT2D eigenvalue weighted by Crippen LogP contribution is -2.52. The van der Waals surface area contributed by atoms with Crippen LogP contribution in [0, 0.1) is 0 Å². The van der Waals surface area contributed by atoms with E-state index in [2.05, 4.69) is 21.2 Å². The van der Waals surface area contributed by atoms with Gasteiger partial charge in [0.25, 0.3) is 0 Å². The SMILES string of the molecule is C[C@H](C(=O)Nc1cc(Cl)cc(Cl)c1)N1CCN(Cc2ccc3c(c2)OCO3)CC1. The van der Waals surface area contributed by atoms with Crippen LogP contribution in [0.1, 0.15) is 12.5 Å².